The summed E-state index contributed by atoms with van der Waals surface area (Å²) < 4.78 is 0. The summed E-state index contributed by atoms with van der Waals surface area (Å²) in [5.41, 5.74) is 0. The number of hydrogen-bond donors (Lipinski definition) is 0. The normalized spacial score (nSPS) is 32.6. The molecule has 1 heterocycles. The molecular formula is C13H21NO. The third kappa shape index (κ3) is 2.09. The van der Waals surface area contributed by atoms with Crippen molar-refractivity contribution in [1.82, 2.24) is 4.90 Å². The van der Waals surface area contributed by atoms with Crippen LogP contribution >= 0.6 is 0 Å². The highest BCUT2D eigenvalue weighted by atomic mass is 16.2. The van der Waals surface area contributed by atoms with Crippen molar-refractivity contribution in [2.75, 3.05) is 6.54 Å². The van der Waals surface area contributed by atoms with Crippen molar-refractivity contribution < 1.29 is 4.79 Å². The summed E-state index contributed by atoms with van der Waals surface area (Å²) in [4.78, 5) is 14.0. The van der Waals surface area contributed by atoms with E-state index in [1.54, 1.807) is 0 Å². The van der Waals surface area contributed by atoms with Crippen LogP contribution in [0, 0.1) is 5.92 Å². The van der Waals surface area contributed by atoms with Gasteiger partial charge in [-0.05, 0) is 32.1 Å². The van der Waals surface area contributed by atoms with E-state index in [-0.39, 0.29) is 0 Å². The summed E-state index contributed by atoms with van der Waals surface area (Å²) in [6.07, 6.45) is 11.3. The molecule has 0 saturated carbocycles. The number of fused-ring (bicyclic) bond motifs is 1. The number of carbonyl (C=O) groups is 1. The van der Waals surface area contributed by atoms with Crippen molar-refractivity contribution in [3.63, 3.8) is 0 Å². The number of allylic oxidation sites excluding steroid dienone is 2. The minimum atomic E-state index is 0.354. The van der Waals surface area contributed by atoms with Gasteiger partial charge in [-0.3, -0.25) is 4.79 Å². The first-order valence-electron chi connectivity index (χ1n) is 6.30. The second-order valence-corrected chi connectivity index (χ2v) is 4.69. The Bertz CT molecular complexity index is 259. The molecule has 2 rings (SSSR count). The fourth-order valence-corrected chi connectivity index (χ4v) is 2.73. The van der Waals surface area contributed by atoms with E-state index in [0.29, 0.717) is 17.9 Å². The zero-order chi connectivity index (χ0) is 10.7. The number of likely N-dealkylation sites (tertiary alicyclic amines) is 1. The van der Waals surface area contributed by atoms with Crippen molar-refractivity contribution in [3.8, 4) is 0 Å². The molecule has 1 saturated heterocycles. The monoisotopic (exact) mass is 207 g/mol. The number of nitrogens with zero attached hydrogens (tertiary/aromatic N) is 1. The Kier molecular flexibility index (Phi) is 3.45. The Morgan fingerprint density at radius 1 is 1.33 bits per heavy atom. The average Bonchev–Trinajstić information content (AvgIpc) is 2.21. The van der Waals surface area contributed by atoms with Crippen LogP contribution in [0.4, 0.5) is 0 Å². The van der Waals surface area contributed by atoms with Gasteiger partial charge < -0.3 is 4.90 Å². The fourth-order valence-electron chi connectivity index (χ4n) is 2.73. The van der Waals surface area contributed by atoms with Crippen LogP contribution in [0.3, 0.4) is 0 Å². The Hall–Kier alpha value is -0.790. The Morgan fingerprint density at radius 2 is 2.07 bits per heavy atom. The van der Waals surface area contributed by atoms with Gasteiger partial charge in [0.2, 0.25) is 5.91 Å². The molecule has 0 bridgehead atoms. The third-order valence-corrected chi connectivity index (χ3v) is 3.66. The van der Waals surface area contributed by atoms with E-state index < -0.39 is 0 Å². The van der Waals surface area contributed by atoms with Crippen molar-refractivity contribution >= 4 is 5.91 Å². The molecule has 0 radical (unpaired) electrons. The highest BCUT2D eigenvalue weighted by Gasteiger charge is 2.45. The van der Waals surface area contributed by atoms with Gasteiger partial charge in [-0.2, -0.15) is 0 Å². The second-order valence-electron chi connectivity index (χ2n) is 4.69. The van der Waals surface area contributed by atoms with Crippen molar-refractivity contribution in [2.45, 2.75) is 51.5 Å². The van der Waals surface area contributed by atoms with E-state index in [0.717, 1.165) is 32.2 Å². The first-order chi connectivity index (χ1) is 7.34. The molecule has 2 unspecified atom stereocenters. The van der Waals surface area contributed by atoms with E-state index in [1.165, 1.54) is 12.8 Å². The molecule has 1 fully saturated rings. The number of β-lactam (4-membered cyclic amide) rings is 1. The molecule has 2 atom stereocenters. The first-order valence-corrected chi connectivity index (χ1v) is 6.30. The van der Waals surface area contributed by atoms with Crippen molar-refractivity contribution in [3.05, 3.63) is 12.2 Å². The molecule has 15 heavy (non-hydrogen) atoms. The van der Waals surface area contributed by atoms with Crippen LogP contribution in [0.2, 0.25) is 0 Å². The summed E-state index contributed by atoms with van der Waals surface area (Å²) in [7, 11) is 0. The molecule has 2 aliphatic rings. The summed E-state index contributed by atoms with van der Waals surface area (Å²) in [6, 6.07) is 0.564. The van der Waals surface area contributed by atoms with Gasteiger partial charge in [0.05, 0.1) is 5.92 Å². The number of rotatable bonds is 3. The number of carbonyl (C=O) groups excluding carboxylic acids is 1. The molecule has 2 nitrogen and oxygen atoms in total. The standard InChI is InChI=1S/C13H21NO/c1-2-3-10-14-12-9-7-5-4-6-8-11(12)13(14)15/h4-5,11-12H,2-3,6-10H2,1H3/b5-4-. The number of amides is 1. The molecular weight excluding hydrogens is 186 g/mol. The lowest BCUT2D eigenvalue weighted by Gasteiger charge is -2.48. The lowest BCUT2D eigenvalue weighted by atomic mass is 9.79. The lowest BCUT2D eigenvalue weighted by Crippen LogP contribution is -2.60. The van der Waals surface area contributed by atoms with E-state index >= 15 is 0 Å². The van der Waals surface area contributed by atoms with Gasteiger partial charge in [0.25, 0.3) is 0 Å². The molecule has 84 valence electrons. The Labute approximate surface area is 92.3 Å². The van der Waals surface area contributed by atoms with Crippen LogP contribution in [0.5, 0.6) is 0 Å². The fraction of sp³-hybridized carbons (Fsp3) is 0.769. The van der Waals surface area contributed by atoms with Crippen LogP contribution in [-0.4, -0.2) is 23.4 Å². The molecule has 2 heteroatoms. The Balaban J connectivity index is 1.93. The molecule has 0 aromatic carbocycles. The van der Waals surface area contributed by atoms with E-state index in [9.17, 15) is 4.79 Å². The van der Waals surface area contributed by atoms with Gasteiger partial charge >= 0.3 is 0 Å². The SMILES string of the molecule is CCCCN1C(=O)C2CC/C=C\CCC21. The molecule has 1 aliphatic carbocycles. The van der Waals surface area contributed by atoms with Gasteiger partial charge in [0.15, 0.2) is 0 Å². The Morgan fingerprint density at radius 3 is 2.80 bits per heavy atom. The molecule has 0 spiro atoms. The summed E-state index contributed by atoms with van der Waals surface area (Å²) in [5.74, 6) is 0.774. The van der Waals surface area contributed by atoms with Gasteiger partial charge in [-0.1, -0.05) is 25.5 Å². The largest absolute Gasteiger partial charge is 0.339 e. The van der Waals surface area contributed by atoms with E-state index in [4.69, 9.17) is 0 Å². The summed E-state index contributed by atoms with van der Waals surface area (Å²) in [5, 5.41) is 0. The topological polar surface area (TPSA) is 20.3 Å². The smallest absolute Gasteiger partial charge is 0.228 e. The highest BCUT2D eigenvalue weighted by molar-refractivity contribution is 5.86. The van der Waals surface area contributed by atoms with Gasteiger partial charge in [-0.25, -0.2) is 0 Å². The maximum atomic E-state index is 11.9. The van der Waals surface area contributed by atoms with Crippen LogP contribution < -0.4 is 0 Å². The lowest BCUT2D eigenvalue weighted by molar-refractivity contribution is -0.157. The molecule has 0 aromatic rings. The summed E-state index contributed by atoms with van der Waals surface area (Å²) >= 11 is 0. The van der Waals surface area contributed by atoms with Crippen LogP contribution in [0.15, 0.2) is 12.2 Å². The summed E-state index contributed by atoms with van der Waals surface area (Å²) in [6.45, 7) is 3.17. The predicted molar refractivity (Wildman–Crippen MR) is 61.5 cm³/mol. The van der Waals surface area contributed by atoms with Crippen molar-refractivity contribution in [2.24, 2.45) is 5.92 Å². The highest BCUT2D eigenvalue weighted by Crippen LogP contribution is 2.35. The maximum Gasteiger partial charge on any atom is 0.228 e. The molecule has 0 aromatic heterocycles. The number of hydrogen-bond acceptors (Lipinski definition) is 1. The predicted octanol–water partition coefficient (Wildman–Crippen LogP) is 2.74. The minimum absolute atomic E-state index is 0.354. The van der Waals surface area contributed by atoms with E-state index in [1.807, 2.05) is 0 Å². The number of unbranched alkanes of at least 4 members (excludes halogenated alkanes) is 1. The van der Waals surface area contributed by atoms with Gasteiger partial charge in [0.1, 0.15) is 0 Å². The zero-order valence-corrected chi connectivity index (χ0v) is 9.61. The third-order valence-electron chi connectivity index (χ3n) is 3.66. The minimum Gasteiger partial charge on any atom is -0.339 e. The van der Waals surface area contributed by atoms with Gasteiger partial charge in [-0.15, -0.1) is 0 Å². The van der Waals surface area contributed by atoms with Crippen LogP contribution in [-0.2, 0) is 4.79 Å². The quantitative estimate of drug-likeness (QED) is 0.515. The maximum absolute atomic E-state index is 11.9. The van der Waals surface area contributed by atoms with Crippen LogP contribution in [0.25, 0.3) is 0 Å². The molecule has 1 aliphatic heterocycles. The molecule has 0 N–H and O–H groups in total. The molecule has 1 amide bonds. The van der Waals surface area contributed by atoms with Crippen LogP contribution in [0.1, 0.15) is 45.4 Å². The van der Waals surface area contributed by atoms with Gasteiger partial charge in [0, 0.05) is 12.6 Å². The van der Waals surface area contributed by atoms with Crippen molar-refractivity contribution in [1.29, 1.82) is 0 Å². The second kappa shape index (κ2) is 4.82. The average molecular weight is 207 g/mol. The first kappa shape index (κ1) is 10.7. The van der Waals surface area contributed by atoms with E-state index in [2.05, 4.69) is 24.0 Å². The zero-order valence-electron chi connectivity index (χ0n) is 9.61.